The van der Waals surface area contributed by atoms with Gasteiger partial charge < -0.3 is 10.1 Å². The van der Waals surface area contributed by atoms with Gasteiger partial charge in [-0.05, 0) is 43.2 Å². The van der Waals surface area contributed by atoms with Gasteiger partial charge in [0, 0.05) is 5.56 Å². The molecular weight excluding hydrogens is 314 g/mol. The maximum absolute atomic E-state index is 12.2. The standard InChI is InChI=1S/C20H21N3O2/c1-14-10-15(2)12-17(11-14)25-9-8-21-20(24)19-13-18(22-23-19)16-6-4-3-5-7-16/h3-7,10-13H,8-9H2,1-2H3,(H,21,24)(H,22,23). The van der Waals surface area contributed by atoms with Gasteiger partial charge in [0.05, 0.1) is 12.2 Å². The molecule has 25 heavy (non-hydrogen) atoms. The number of aryl methyl sites for hydroxylation is 2. The van der Waals surface area contributed by atoms with Crippen LogP contribution in [0.25, 0.3) is 11.3 Å². The molecule has 2 aromatic carbocycles. The Kier molecular flexibility index (Phi) is 5.14. The van der Waals surface area contributed by atoms with Gasteiger partial charge in [0.25, 0.3) is 5.91 Å². The van der Waals surface area contributed by atoms with E-state index < -0.39 is 0 Å². The Balaban J connectivity index is 1.50. The molecule has 3 rings (SSSR count). The highest BCUT2D eigenvalue weighted by Gasteiger charge is 2.10. The number of aromatic amines is 1. The number of H-pyrrole nitrogens is 1. The Morgan fingerprint density at radius 2 is 1.80 bits per heavy atom. The Bertz CT molecular complexity index is 836. The molecule has 0 saturated carbocycles. The van der Waals surface area contributed by atoms with Crippen molar-refractivity contribution in [2.24, 2.45) is 0 Å². The Morgan fingerprint density at radius 1 is 1.08 bits per heavy atom. The van der Waals surface area contributed by atoms with Crippen LogP contribution in [0.4, 0.5) is 0 Å². The van der Waals surface area contributed by atoms with Gasteiger partial charge in [0.1, 0.15) is 18.1 Å². The second-order valence-corrected chi connectivity index (χ2v) is 5.96. The first kappa shape index (κ1) is 16.8. The summed E-state index contributed by atoms with van der Waals surface area (Å²) in [5.41, 5.74) is 4.47. The van der Waals surface area contributed by atoms with Crippen molar-refractivity contribution in [2.45, 2.75) is 13.8 Å². The molecule has 0 spiro atoms. The Hall–Kier alpha value is -3.08. The zero-order chi connectivity index (χ0) is 17.6. The van der Waals surface area contributed by atoms with Crippen molar-refractivity contribution in [3.8, 4) is 17.0 Å². The molecule has 1 amide bonds. The summed E-state index contributed by atoms with van der Waals surface area (Å²) in [6, 6.07) is 17.5. The number of carbonyl (C=O) groups is 1. The number of carbonyl (C=O) groups excluding carboxylic acids is 1. The average molecular weight is 335 g/mol. The van der Waals surface area contributed by atoms with Crippen LogP contribution in [0.3, 0.4) is 0 Å². The first-order valence-corrected chi connectivity index (χ1v) is 8.22. The molecule has 1 heterocycles. The van der Waals surface area contributed by atoms with Gasteiger partial charge in [-0.15, -0.1) is 0 Å². The number of nitrogens with one attached hydrogen (secondary N) is 2. The van der Waals surface area contributed by atoms with E-state index in [2.05, 4.69) is 21.6 Å². The second-order valence-electron chi connectivity index (χ2n) is 5.96. The molecule has 0 unspecified atom stereocenters. The van der Waals surface area contributed by atoms with Crippen LogP contribution < -0.4 is 10.1 Å². The Labute approximate surface area is 147 Å². The lowest BCUT2D eigenvalue weighted by atomic mass is 10.1. The molecule has 5 heteroatoms. The zero-order valence-electron chi connectivity index (χ0n) is 14.4. The summed E-state index contributed by atoms with van der Waals surface area (Å²) in [6.07, 6.45) is 0. The lowest BCUT2D eigenvalue weighted by molar-refractivity contribution is 0.0942. The first-order chi connectivity index (χ1) is 12.1. The van der Waals surface area contributed by atoms with Crippen LogP contribution >= 0.6 is 0 Å². The van der Waals surface area contributed by atoms with Crippen LogP contribution in [0.15, 0.2) is 54.6 Å². The van der Waals surface area contributed by atoms with Crippen LogP contribution in [0.2, 0.25) is 0 Å². The van der Waals surface area contributed by atoms with Crippen LogP contribution in [-0.4, -0.2) is 29.3 Å². The average Bonchev–Trinajstić information content (AvgIpc) is 3.09. The molecule has 1 aromatic heterocycles. The molecule has 0 atom stereocenters. The summed E-state index contributed by atoms with van der Waals surface area (Å²) in [4.78, 5) is 12.2. The van der Waals surface area contributed by atoms with Crippen LogP contribution in [0.1, 0.15) is 21.6 Å². The first-order valence-electron chi connectivity index (χ1n) is 8.22. The van der Waals surface area contributed by atoms with Gasteiger partial charge in [-0.1, -0.05) is 36.4 Å². The molecule has 0 aliphatic carbocycles. The number of benzene rings is 2. The highest BCUT2D eigenvalue weighted by molar-refractivity contribution is 5.93. The number of nitrogens with zero attached hydrogens (tertiary/aromatic N) is 1. The highest BCUT2D eigenvalue weighted by atomic mass is 16.5. The number of ether oxygens (including phenoxy) is 1. The third-order valence-corrected chi connectivity index (χ3v) is 3.74. The zero-order valence-corrected chi connectivity index (χ0v) is 14.4. The van der Waals surface area contributed by atoms with Crippen molar-refractivity contribution in [2.75, 3.05) is 13.2 Å². The minimum atomic E-state index is -0.196. The van der Waals surface area contributed by atoms with Crippen molar-refractivity contribution in [3.63, 3.8) is 0 Å². The monoisotopic (exact) mass is 335 g/mol. The van der Waals surface area contributed by atoms with E-state index in [9.17, 15) is 4.79 Å². The van der Waals surface area contributed by atoms with Crippen LogP contribution in [-0.2, 0) is 0 Å². The highest BCUT2D eigenvalue weighted by Crippen LogP contribution is 2.17. The molecule has 0 radical (unpaired) electrons. The van der Waals surface area contributed by atoms with Gasteiger partial charge in [0.15, 0.2) is 0 Å². The van der Waals surface area contributed by atoms with E-state index in [4.69, 9.17) is 4.74 Å². The van der Waals surface area contributed by atoms with E-state index in [-0.39, 0.29) is 5.91 Å². The number of aromatic nitrogens is 2. The molecule has 2 N–H and O–H groups in total. The SMILES string of the molecule is Cc1cc(C)cc(OCCNC(=O)c2cc(-c3ccccc3)n[nH]2)c1. The number of rotatable bonds is 6. The number of hydrogen-bond acceptors (Lipinski definition) is 3. The second kappa shape index (κ2) is 7.66. The smallest absolute Gasteiger partial charge is 0.269 e. The lowest BCUT2D eigenvalue weighted by Crippen LogP contribution is -2.28. The quantitative estimate of drug-likeness (QED) is 0.678. The van der Waals surface area contributed by atoms with Crippen LogP contribution in [0.5, 0.6) is 5.75 Å². The van der Waals surface area contributed by atoms with E-state index in [1.807, 2.05) is 56.3 Å². The van der Waals surface area contributed by atoms with E-state index in [1.165, 1.54) is 0 Å². The lowest BCUT2D eigenvalue weighted by Gasteiger charge is -2.08. The van der Waals surface area contributed by atoms with Gasteiger partial charge in [-0.3, -0.25) is 9.89 Å². The van der Waals surface area contributed by atoms with Gasteiger partial charge in [0.2, 0.25) is 0 Å². The molecule has 0 aliphatic rings. The predicted octanol–water partition coefficient (Wildman–Crippen LogP) is 3.50. The molecule has 0 fully saturated rings. The maximum atomic E-state index is 12.2. The van der Waals surface area contributed by atoms with E-state index >= 15 is 0 Å². The molecule has 3 aromatic rings. The van der Waals surface area contributed by atoms with Gasteiger partial charge in [-0.2, -0.15) is 5.10 Å². The molecule has 128 valence electrons. The fourth-order valence-electron chi connectivity index (χ4n) is 2.64. The molecule has 0 saturated heterocycles. The normalized spacial score (nSPS) is 10.5. The predicted molar refractivity (Wildman–Crippen MR) is 97.8 cm³/mol. The van der Waals surface area contributed by atoms with Crippen LogP contribution in [0, 0.1) is 13.8 Å². The molecule has 0 aliphatic heterocycles. The Morgan fingerprint density at radius 3 is 2.52 bits per heavy atom. The topological polar surface area (TPSA) is 67.0 Å². The van der Waals surface area contributed by atoms with Crippen molar-refractivity contribution in [3.05, 3.63) is 71.4 Å². The van der Waals surface area contributed by atoms with E-state index in [0.29, 0.717) is 18.8 Å². The van der Waals surface area contributed by atoms with Gasteiger partial charge in [-0.25, -0.2) is 0 Å². The minimum absolute atomic E-state index is 0.196. The van der Waals surface area contributed by atoms with E-state index in [0.717, 1.165) is 28.1 Å². The van der Waals surface area contributed by atoms with Crippen molar-refractivity contribution >= 4 is 5.91 Å². The fraction of sp³-hybridized carbons (Fsp3) is 0.200. The summed E-state index contributed by atoms with van der Waals surface area (Å²) in [5.74, 6) is 0.623. The molecule has 5 nitrogen and oxygen atoms in total. The number of amides is 1. The molecular formula is C20H21N3O2. The minimum Gasteiger partial charge on any atom is -0.492 e. The summed E-state index contributed by atoms with van der Waals surface area (Å²) in [7, 11) is 0. The summed E-state index contributed by atoms with van der Waals surface area (Å²) >= 11 is 0. The van der Waals surface area contributed by atoms with Gasteiger partial charge >= 0.3 is 0 Å². The largest absolute Gasteiger partial charge is 0.492 e. The van der Waals surface area contributed by atoms with E-state index in [1.54, 1.807) is 6.07 Å². The summed E-state index contributed by atoms with van der Waals surface area (Å²) in [5, 5.41) is 9.79. The summed E-state index contributed by atoms with van der Waals surface area (Å²) < 4.78 is 5.69. The van der Waals surface area contributed by atoms with Crippen molar-refractivity contribution in [1.82, 2.24) is 15.5 Å². The van der Waals surface area contributed by atoms with Crippen molar-refractivity contribution in [1.29, 1.82) is 0 Å². The fourth-order valence-corrected chi connectivity index (χ4v) is 2.64. The third kappa shape index (κ3) is 4.47. The number of hydrogen-bond donors (Lipinski definition) is 2. The van der Waals surface area contributed by atoms with Crippen molar-refractivity contribution < 1.29 is 9.53 Å². The summed E-state index contributed by atoms with van der Waals surface area (Å²) in [6.45, 7) is 4.90. The molecule has 0 bridgehead atoms. The third-order valence-electron chi connectivity index (χ3n) is 3.74. The maximum Gasteiger partial charge on any atom is 0.269 e.